The maximum absolute atomic E-state index is 5.67. The van der Waals surface area contributed by atoms with Gasteiger partial charge in [0.15, 0.2) is 0 Å². The van der Waals surface area contributed by atoms with Gasteiger partial charge >= 0.3 is 0 Å². The van der Waals surface area contributed by atoms with Gasteiger partial charge in [0.2, 0.25) is 0 Å². The summed E-state index contributed by atoms with van der Waals surface area (Å²) in [5, 5.41) is 0.597. The van der Waals surface area contributed by atoms with Crippen molar-refractivity contribution in [3.63, 3.8) is 0 Å². The van der Waals surface area contributed by atoms with E-state index in [4.69, 9.17) is 11.6 Å². The summed E-state index contributed by atoms with van der Waals surface area (Å²) < 4.78 is 0. The minimum Gasteiger partial charge on any atom is -0.245 e. The van der Waals surface area contributed by atoms with Gasteiger partial charge in [0.1, 0.15) is 5.16 Å². The van der Waals surface area contributed by atoms with Crippen LogP contribution in [0.3, 0.4) is 0 Å². The third-order valence-corrected chi connectivity index (χ3v) is 1.68. The van der Waals surface area contributed by atoms with Gasteiger partial charge in [0.05, 0.1) is 0 Å². The number of hydrogen-bond acceptors (Lipinski definition) is 1. The van der Waals surface area contributed by atoms with Crippen LogP contribution in [0.2, 0.25) is 0 Å². The lowest BCUT2D eigenvalue weighted by Gasteiger charge is -1.89. The number of nitrogens with zero attached hydrogens (tertiary/aromatic N) is 1. The van der Waals surface area contributed by atoms with Crippen LogP contribution in [-0.4, -0.2) is 6.21 Å². The van der Waals surface area contributed by atoms with Gasteiger partial charge in [-0.15, -0.1) is 0 Å². The van der Waals surface area contributed by atoms with Gasteiger partial charge in [-0.3, -0.25) is 0 Å². The van der Waals surface area contributed by atoms with Crippen molar-refractivity contribution in [1.82, 2.24) is 0 Å². The summed E-state index contributed by atoms with van der Waals surface area (Å²) in [6.45, 7) is 2.11. The highest BCUT2D eigenvalue weighted by molar-refractivity contribution is 6.29. The Labute approximate surface area is 66.1 Å². The predicted octanol–water partition coefficient (Wildman–Crippen LogP) is 2.88. The fourth-order valence-corrected chi connectivity index (χ4v) is 0.931. The average molecular weight is 156 g/mol. The molecule has 0 unspecified atom stereocenters. The van der Waals surface area contributed by atoms with Gasteiger partial charge in [-0.05, 0) is 24.5 Å². The molecule has 0 radical (unpaired) electrons. The number of aliphatic imine (C=N–C) groups is 1. The molecule has 0 saturated heterocycles. The van der Waals surface area contributed by atoms with Crippen molar-refractivity contribution in [3.05, 3.63) is 22.9 Å². The largest absolute Gasteiger partial charge is 0.245 e. The van der Waals surface area contributed by atoms with Crippen LogP contribution in [0.15, 0.2) is 27.9 Å². The molecular weight excluding hydrogens is 146 g/mol. The second-order valence-electron chi connectivity index (χ2n) is 2.15. The molecule has 0 bridgehead atoms. The van der Waals surface area contributed by atoms with Crippen molar-refractivity contribution in [1.29, 1.82) is 0 Å². The molecule has 0 aromatic carbocycles. The quantitative estimate of drug-likeness (QED) is 0.517. The Morgan fingerprint density at radius 3 is 3.10 bits per heavy atom. The van der Waals surface area contributed by atoms with Crippen molar-refractivity contribution in [2.24, 2.45) is 4.99 Å². The first-order valence-corrected chi connectivity index (χ1v) is 3.79. The highest BCUT2D eigenvalue weighted by atomic mass is 35.5. The molecule has 1 aliphatic heterocycles. The van der Waals surface area contributed by atoms with E-state index in [-0.39, 0.29) is 0 Å². The molecule has 1 heterocycles. The highest BCUT2D eigenvalue weighted by Gasteiger charge is 1.93. The predicted molar refractivity (Wildman–Crippen MR) is 45.4 cm³/mol. The fourth-order valence-electron chi connectivity index (χ4n) is 0.793. The van der Waals surface area contributed by atoms with Crippen LogP contribution in [0.4, 0.5) is 0 Å². The molecule has 1 nitrogen and oxygen atoms in total. The number of allylic oxidation sites excluding steroid dienone is 3. The molecule has 0 spiro atoms. The number of halogens is 1. The van der Waals surface area contributed by atoms with Crippen LogP contribution in [0.5, 0.6) is 0 Å². The fraction of sp³-hybridized carbons (Fsp3) is 0.375. The summed E-state index contributed by atoms with van der Waals surface area (Å²) in [5.41, 5.74) is 1.26. The van der Waals surface area contributed by atoms with E-state index in [2.05, 4.69) is 18.0 Å². The van der Waals surface area contributed by atoms with Gasteiger partial charge in [-0.2, -0.15) is 0 Å². The molecular formula is C8H10ClN. The van der Waals surface area contributed by atoms with Crippen molar-refractivity contribution in [2.45, 2.75) is 19.8 Å². The third kappa shape index (κ3) is 1.99. The van der Waals surface area contributed by atoms with Crippen LogP contribution < -0.4 is 0 Å². The Bertz CT molecular complexity index is 201. The Kier molecular flexibility index (Phi) is 2.69. The van der Waals surface area contributed by atoms with Crippen LogP contribution in [0.25, 0.3) is 0 Å². The van der Waals surface area contributed by atoms with Crippen molar-refractivity contribution in [2.75, 3.05) is 0 Å². The Balaban J connectivity index is 2.69. The molecule has 1 rings (SSSR count). The van der Waals surface area contributed by atoms with E-state index < -0.39 is 0 Å². The minimum absolute atomic E-state index is 0.597. The molecule has 1 aliphatic rings. The van der Waals surface area contributed by atoms with Crippen molar-refractivity contribution >= 4 is 17.8 Å². The molecule has 54 valence electrons. The van der Waals surface area contributed by atoms with Gasteiger partial charge in [-0.25, -0.2) is 4.99 Å². The van der Waals surface area contributed by atoms with E-state index in [1.165, 1.54) is 5.57 Å². The molecule has 0 fully saturated rings. The highest BCUT2D eigenvalue weighted by Crippen LogP contribution is 2.11. The zero-order valence-electron chi connectivity index (χ0n) is 5.97. The van der Waals surface area contributed by atoms with Crippen LogP contribution >= 0.6 is 11.6 Å². The summed E-state index contributed by atoms with van der Waals surface area (Å²) >= 11 is 5.67. The molecule has 0 N–H and O–H groups in total. The van der Waals surface area contributed by atoms with Crippen molar-refractivity contribution in [3.8, 4) is 0 Å². The van der Waals surface area contributed by atoms with Crippen LogP contribution in [0, 0.1) is 0 Å². The first-order valence-electron chi connectivity index (χ1n) is 3.41. The summed E-state index contributed by atoms with van der Waals surface area (Å²) in [7, 11) is 0. The maximum Gasteiger partial charge on any atom is 0.125 e. The zero-order chi connectivity index (χ0) is 7.40. The molecule has 0 aromatic rings. The first-order chi connectivity index (χ1) is 4.83. The second kappa shape index (κ2) is 3.57. The third-order valence-electron chi connectivity index (χ3n) is 1.43. The molecule has 0 aromatic heterocycles. The smallest absolute Gasteiger partial charge is 0.125 e. The van der Waals surface area contributed by atoms with E-state index >= 15 is 0 Å². The Hall–Kier alpha value is -0.560. The summed E-state index contributed by atoms with van der Waals surface area (Å²) in [6.07, 6.45) is 7.80. The second-order valence-corrected chi connectivity index (χ2v) is 2.54. The minimum atomic E-state index is 0.597. The van der Waals surface area contributed by atoms with Gasteiger partial charge < -0.3 is 0 Å². The van der Waals surface area contributed by atoms with Crippen molar-refractivity contribution < 1.29 is 0 Å². The molecule has 0 atom stereocenters. The molecule has 0 aliphatic carbocycles. The van der Waals surface area contributed by atoms with Gasteiger partial charge in [0.25, 0.3) is 0 Å². The lowest BCUT2D eigenvalue weighted by Crippen LogP contribution is -1.79. The van der Waals surface area contributed by atoms with E-state index in [1.54, 1.807) is 0 Å². The summed E-state index contributed by atoms with van der Waals surface area (Å²) in [5.74, 6) is 0. The molecule has 0 amide bonds. The summed E-state index contributed by atoms with van der Waals surface area (Å²) in [4.78, 5) is 4.01. The Morgan fingerprint density at radius 1 is 1.60 bits per heavy atom. The van der Waals surface area contributed by atoms with Crippen LogP contribution in [-0.2, 0) is 0 Å². The zero-order valence-corrected chi connectivity index (χ0v) is 6.73. The molecule has 2 heteroatoms. The molecule has 10 heavy (non-hydrogen) atoms. The van der Waals surface area contributed by atoms with Gasteiger partial charge in [0, 0.05) is 6.21 Å². The summed E-state index contributed by atoms with van der Waals surface area (Å²) in [6, 6.07) is 0. The SMILES string of the molecule is CCC1=CCC=C(Cl)N=C1. The monoisotopic (exact) mass is 155 g/mol. The first kappa shape index (κ1) is 7.55. The van der Waals surface area contributed by atoms with Crippen LogP contribution in [0.1, 0.15) is 19.8 Å². The number of rotatable bonds is 1. The number of hydrogen-bond donors (Lipinski definition) is 0. The van der Waals surface area contributed by atoms with E-state index in [1.807, 2.05) is 12.3 Å². The van der Waals surface area contributed by atoms with E-state index in [0.29, 0.717) is 5.16 Å². The average Bonchev–Trinajstić information content (AvgIpc) is 2.14. The topological polar surface area (TPSA) is 12.4 Å². The lowest BCUT2D eigenvalue weighted by molar-refractivity contribution is 1.16. The van der Waals surface area contributed by atoms with E-state index in [9.17, 15) is 0 Å². The maximum atomic E-state index is 5.67. The normalized spacial score (nSPS) is 17.8. The van der Waals surface area contributed by atoms with Gasteiger partial charge in [-0.1, -0.05) is 24.6 Å². The lowest BCUT2D eigenvalue weighted by atomic mass is 10.2. The standard InChI is InChI=1S/C8H10ClN/c1-2-7-4-3-5-8(9)10-6-7/h4-6H,2-3H2,1H3. The Morgan fingerprint density at radius 2 is 2.40 bits per heavy atom. The van der Waals surface area contributed by atoms with E-state index in [0.717, 1.165) is 12.8 Å². The molecule has 0 saturated carbocycles.